The average molecular weight is 356 g/mol. The van der Waals surface area contributed by atoms with Crippen molar-refractivity contribution in [2.45, 2.75) is 30.1 Å². The van der Waals surface area contributed by atoms with Gasteiger partial charge in [0.05, 0.1) is 4.92 Å². The Labute approximate surface area is 140 Å². The maximum atomic E-state index is 11.8. The number of rotatable bonds is 9. The van der Waals surface area contributed by atoms with E-state index in [0.717, 1.165) is 12.1 Å². The molecule has 0 amide bonds. The summed E-state index contributed by atoms with van der Waals surface area (Å²) in [5.74, 6) is -3.54. The maximum Gasteiger partial charge on any atom is 0.409 e. The monoisotopic (exact) mass is 356 g/mol. The third-order valence-corrected chi connectivity index (χ3v) is 3.72. The number of benzene rings is 1. The van der Waals surface area contributed by atoms with Gasteiger partial charge in [-0.25, -0.2) is 4.79 Å². The molecule has 12 nitrogen and oxygen atoms in total. The Morgan fingerprint density at radius 1 is 1.12 bits per heavy atom. The highest BCUT2D eigenvalue weighted by molar-refractivity contribution is 5.80. The second-order valence-corrected chi connectivity index (χ2v) is 5.39. The number of carbonyl (C=O) groups is 2. The molecule has 2 atom stereocenters. The van der Waals surface area contributed by atoms with Gasteiger partial charge >= 0.3 is 23.5 Å². The van der Waals surface area contributed by atoms with Crippen LogP contribution in [0.15, 0.2) is 30.3 Å². The van der Waals surface area contributed by atoms with E-state index in [4.69, 9.17) is 16.6 Å². The largest absolute Gasteiger partial charge is 0.481 e. The van der Waals surface area contributed by atoms with Gasteiger partial charge in [-0.15, -0.1) is 0 Å². The van der Waals surface area contributed by atoms with Crippen LogP contribution in [0.5, 0.6) is 0 Å². The number of carboxylic acid groups (broad SMARTS) is 2. The highest BCUT2D eigenvalue weighted by Gasteiger charge is 2.72. The van der Waals surface area contributed by atoms with Crippen LogP contribution in [0.25, 0.3) is 0 Å². The minimum atomic E-state index is -3.30. The van der Waals surface area contributed by atoms with Gasteiger partial charge in [-0.05, 0) is 6.42 Å². The van der Waals surface area contributed by atoms with Gasteiger partial charge in [-0.2, -0.15) is 0 Å². The van der Waals surface area contributed by atoms with E-state index >= 15 is 0 Å². The lowest BCUT2D eigenvalue weighted by molar-refractivity contribution is -0.655. The molecular formula is C13H16N4O8. The lowest BCUT2D eigenvalue weighted by atomic mass is 9.76. The molecule has 1 aromatic rings. The Morgan fingerprint density at radius 2 is 1.64 bits per heavy atom. The molecular weight excluding hydrogens is 340 g/mol. The molecule has 25 heavy (non-hydrogen) atoms. The number of nitro groups is 2. The van der Waals surface area contributed by atoms with Gasteiger partial charge in [-0.3, -0.25) is 25.0 Å². The zero-order chi connectivity index (χ0) is 19.4. The fourth-order valence-corrected chi connectivity index (χ4v) is 2.57. The van der Waals surface area contributed by atoms with Gasteiger partial charge in [0.25, 0.3) is 0 Å². The van der Waals surface area contributed by atoms with E-state index in [1.54, 1.807) is 0 Å². The first-order valence-electron chi connectivity index (χ1n) is 6.84. The summed E-state index contributed by atoms with van der Waals surface area (Å²) < 4.78 is 0. The first-order chi connectivity index (χ1) is 11.5. The molecule has 0 aliphatic rings. The summed E-state index contributed by atoms with van der Waals surface area (Å²) >= 11 is 0. The second-order valence-electron chi connectivity index (χ2n) is 5.39. The highest BCUT2D eigenvalue weighted by atomic mass is 16.7. The van der Waals surface area contributed by atoms with Gasteiger partial charge in [0.15, 0.2) is 0 Å². The molecule has 0 bridgehead atoms. The molecule has 136 valence electrons. The molecule has 0 heterocycles. The topological polar surface area (TPSA) is 213 Å². The lowest BCUT2D eigenvalue weighted by Gasteiger charge is -2.33. The summed E-state index contributed by atoms with van der Waals surface area (Å²) in [4.78, 5) is 43.2. The van der Waals surface area contributed by atoms with Crippen molar-refractivity contribution in [1.82, 2.24) is 0 Å². The molecule has 0 spiro atoms. The van der Waals surface area contributed by atoms with E-state index in [9.17, 15) is 34.9 Å². The average Bonchev–Trinajstić information content (AvgIpc) is 2.50. The van der Waals surface area contributed by atoms with Crippen molar-refractivity contribution < 1.29 is 29.6 Å². The molecule has 0 aliphatic heterocycles. The molecule has 1 aromatic carbocycles. The van der Waals surface area contributed by atoms with Gasteiger partial charge in [0, 0.05) is 16.9 Å². The van der Waals surface area contributed by atoms with Gasteiger partial charge in [0.2, 0.25) is 0 Å². The van der Waals surface area contributed by atoms with E-state index in [2.05, 4.69) is 0 Å². The summed E-state index contributed by atoms with van der Waals surface area (Å²) in [7, 11) is 0. The number of hydrogen-bond donors (Lipinski definition) is 4. The quantitative estimate of drug-likeness (QED) is 0.249. The molecule has 0 fully saturated rings. The van der Waals surface area contributed by atoms with Crippen molar-refractivity contribution in [2.24, 2.45) is 11.5 Å². The molecule has 1 rings (SSSR count). The maximum absolute atomic E-state index is 11.8. The third kappa shape index (κ3) is 3.70. The highest BCUT2D eigenvalue weighted by Crippen LogP contribution is 2.35. The zero-order valence-electron chi connectivity index (χ0n) is 12.8. The van der Waals surface area contributed by atoms with E-state index in [0.29, 0.717) is 0 Å². The molecule has 0 aliphatic carbocycles. The van der Waals surface area contributed by atoms with Crippen molar-refractivity contribution >= 4 is 11.9 Å². The van der Waals surface area contributed by atoms with Crippen LogP contribution in [0, 0.1) is 20.2 Å². The van der Waals surface area contributed by atoms with E-state index < -0.39 is 57.4 Å². The Bertz CT molecular complexity index is 677. The van der Waals surface area contributed by atoms with Gasteiger partial charge < -0.3 is 21.7 Å². The molecule has 6 N–H and O–H groups in total. The smallest absolute Gasteiger partial charge is 0.409 e. The Morgan fingerprint density at radius 3 is 2.00 bits per heavy atom. The Kier molecular flexibility index (Phi) is 5.73. The van der Waals surface area contributed by atoms with E-state index in [1.165, 1.54) is 18.2 Å². The minimum Gasteiger partial charge on any atom is -0.481 e. The predicted molar refractivity (Wildman–Crippen MR) is 81.5 cm³/mol. The fraction of sp³-hybridized carbons (Fsp3) is 0.385. The van der Waals surface area contributed by atoms with Gasteiger partial charge in [0.1, 0.15) is 5.66 Å². The fourth-order valence-electron chi connectivity index (χ4n) is 2.57. The molecule has 0 radical (unpaired) electrons. The number of nitrogens with two attached hydrogens (primary N) is 2. The van der Waals surface area contributed by atoms with E-state index in [-0.39, 0.29) is 0 Å². The van der Waals surface area contributed by atoms with Crippen molar-refractivity contribution in [2.75, 3.05) is 0 Å². The summed E-state index contributed by atoms with van der Waals surface area (Å²) in [5.41, 5.74) is 4.84. The van der Waals surface area contributed by atoms with E-state index in [1.807, 2.05) is 0 Å². The van der Waals surface area contributed by atoms with Crippen LogP contribution < -0.4 is 11.5 Å². The van der Waals surface area contributed by atoms with Gasteiger partial charge in [-0.1, -0.05) is 30.3 Å². The van der Waals surface area contributed by atoms with Crippen LogP contribution in [0.3, 0.4) is 0 Å². The van der Waals surface area contributed by atoms with Crippen molar-refractivity contribution in [3.63, 3.8) is 0 Å². The van der Waals surface area contributed by atoms with Crippen LogP contribution in [0.4, 0.5) is 0 Å². The Balaban J connectivity index is 3.68. The third-order valence-electron chi connectivity index (χ3n) is 3.72. The normalized spacial score (nSPS) is 15.0. The van der Waals surface area contributed by atoms with Crippen molar-refractivity contribution in [3.8, 4) is 0 Å². The summed E-state index contributed by atoms with van der Waals surface area (Å²) in [6.45, 7) is 0. The summed E-state index contributed by atoms with van der Waals surface area (Å²) in [5, 5.41) is 41.5. The van der Waals surface area contributed by atoms with Crippen molar-refractivity contribution in [3.05, 3.63) is 56.1 Å². The lowest BCUT2D eigenvalue weighted by Crippen LogP contribution is -2.72. The number of aliphatic carboxylic acids is 2. The summed E-state index contributed by atoms with van der Waals surface area (Å²) in [6.07, 6.45) is -1.48. The number of carboxylic acids is 2. The SMILES string of the molecule is NC(N)(CCC(=O)O)C([N+](=O)[O-])C(C(=O)O)(c1ccccc1)[N+](=O)[O-]. The minimum absolute atomic E-state index is 0.509. The Hall–Kier alpha value is -3.12. The zero-order valence-corrected chi connectivity index (χ0v) is 12.8. The van der Waals surface area contributed by atoms with Crippen LogP contribution >= 0.6 is 0 Å². The van der Waals surface area contributed by atoms with Crippen molar-refractivity contribution in [1.29, 1.82) is 0 Å². The molecule has 0 saturated heterocycles. The molecule has 0 aromatic heterocycles. The van der Waals surface area contributed by atoms with Crippen LogP contribution in [0.2, 0.25) is 0 Å². The standard InChI is InChI=1S/C13H16N4O8/c14-12(15,7-6-9(18)19)10(16(22)23)13(11(20)21,17(24)25)8-4-2-1-3-5-8/h1-5,10H,6-7,14-15H2,(H,18,19)(H,20,21). The second kappa shape index (κ2) is 7.19. The molecule has 0 saturated carbocycles. The summed E-state index contributed by atoms with van der Waals surface area (Å²) in [6, 6.07) is 3.38. The predicted octanol–water partition coefficient (Wildman–Crippen LogP) is -0.633. The van der Waals surface area contributed by atoms with Crippen LogP contribution in [0.1, 0.15) is 18.4 Å². The first-order valence-corrected chi connectivity index (χ1v) is 6.84. The van der Waals surface area contributed by atoms with Crippen LogP contribution in [-0.4, -0.2) is 43.7 Å². The molecule has 2 unspecified atom stereocenters. The van der Waals surface area contributed by atoms with Crippen LogP contribution in [-0.2, 0) is 15.1 Å². The first kappa shape index (κ1) is 19.9. The molecule has 12 heteroatoms. The number of hydrogen-bond acceptors (Lipinski definition) is 8. The number of nitrogens with zero attached hydrogens (tertiary/aromatic N) is 2.